The van der Waals surface area contributed by atoms with Crippen LogP contribution in [0.25, 0.3) is 0 Å². The molecule has 0 bridgehead atoms. The first-order valence-corrected chi connectivity index (χ1v) is 5.29. The number of nitrogens with zero attached hydrogens (tertiary/aromatic N) is 1. The van der Waals surface area contributed by atoms with Crippen LogP contribution in [-0.4, -0.2) is 17.4 Å². The van der Waals surface area contributed by atoms with E-state index in [1.54, 1.807) is 11.0 Å². The molecule has 0 saturated heterocycles. The minimum Gasteiger partial charge on any atom is -0.331 e. The van der Waals surface area contributed by atoms with Gasteiger partial charge in [-0.05, 0) is 17.7 Å². The van der Waals surface area contributed by atoms with Gasteiger partial charge in [0.1, 0.15) is 0 Å². The smallest absolute Gasteiger partial charge is 0.246 e. The first-order valence-electron chi connectivity index (χ1n) is 5.29. The Morgan fingerprint density at radius 3 is 2.71 bits per heavy atom. The fourth-order valence-electron chi connectivity index (χ4n) is 1.52. The number of carbonyl (C=O) groups is 1. The van der Waals surface area contributed by atoms with Gasteiger partial charge >= 0.3 is 0 Å². The van der Waals surface area contributed by atoms with Gasteiger partial charge in [-0.3, -0.25) is 4.79 Å². The maximum atomic E-state index is 11.6. The van der Waals surface area contributed by atoms with Gasteiger partial charge in [0.15, 0.2) is 0 Å². The molecule has 0 aliphatic heterocycles. The van der Waals surface area contributed by atoms with E-state index in [9.17, 15) is 4.79 Å². The van der Waals surface area contributed by atoms with E-state index in [-0.39, 0.29) is 5.91 Å². The second-order valence-corrected chi connectivity index (χ2v) is 3.51. The Kier molecular flexibility index (Phi) is 4.77. The van der Waals surface area contributed by atoms with Crippen molar-refractivity contribution < 1.29 is 4.79 Å². The third-order valence-corrected chi connectivity index (χ3v) is 2.37. The Hall–Kier alpha value is -2.27. The van der Waals surface area contributed by atoms with E-state index < -0.39 is 0 Å². The molecule has 0 atom stereocenters. The van der Waals surface area contributed by atoms with Crippen LogP contribution in [0.4, 0.5) is 0 Å². The van der Waals surface area contributed by atoms with E-state index in [1.807, 2.05) is 24.3 Å². The van der Waals surface area contributed by atoms with Crippen LogP contribution in [0, 0.1) is 12.3 Å². The molecule has 86 valence electrons. The van der Waals surface area contributed by atoms with Crippen LogP contribution in [0.1, 0.15) is 11.1 Å². The summed E-state index contributed by atoms with van der Waals surface area (Å²) in [5.41, 5.74) is 1.76. The van der Waals surface area contributed by atoms with Crippen molar-refractivity contribution in [3.05, 3.63) is 60.7 Å². The maximum absolute atomic E-state index is 11.6. The Balaban J connectivity index is 2.93. The third kappa shape index (κ3) is 3.35. The fraction of sp³-hybridized carbons (Fsp3) is 0.133. The molecule has 0 saturated carbocycles. The predicted octanol–water partition coefficient (Wildman–Crippen LogP) is 2.37. The van der Waals surface area contributed by atoms with Crippen molar-refractivity contribution >= 4 is 5.91 Å². The molecule has 0 aliphatic carbocycles. The molecule has 0 heterocycles. The third-order valence-electron chi connectivity index (χ3n) is 2.37. The molecule has 0 radical (unpaired) electrons. The molecule has 1 rings (SSSR count). The highest BCUT2D eigenvalue weighted by Gasteiger charge is 2.10. The zero-order valence-electron chi connectivity index (χ0n) is 9.73. The lowest BCUT2D eigenvalue weighted by Gasteiger charge is -2.20. The Morgan fingerprint density at radius 2 is 2.12 bits per heavy atom. The van der Waals surface area contributed by atoms with Gasteiger partial charge in [-0.2, -0.15) is 0 Å². The number of carbonyl (C=O) groups excluding carboxylic acids is 1. The summed E-state index contributed by atoms with van der Waals surface area (Å²) < 4.78 is 0. The normalized spacial score (nSPS) is 9.12. The monoisotopic (exact) mass is 225 g/mol. The molecule has 0 fully saturated rings. The van der Waals surface area contributed by atoms with Crippen LogP contribution in [0.2, 0.25) is 0 Å². The van der Waals surface area contributed by atoms with E-state index in [0.717, 1.165) is 11.1 Å². The Morgan fingerprint density at radius 1 is 1.41 bits per heavy atom. The molecule has 0 aromatic heterocycles. The van der Waals surface area contributed by atoms with Crippen molar-refractivity contribution in [2.45, 2.75) is 6.54 Å². The van der Waals surface area contributed by atoms with Crippen molar-refractivity contribution in [1.29, 1.82) is 0 Å². The lowest BCUT2D eigenvalue weighted by Crippen LogP contribution is -2.29. The number of rotatable bonds is 5. The van der Waals surface area contributed by atoms with E-state index in [1.165, 1.54) is 6.08 Å². The average Bonchev–Trinajstić information content (AvgIpc) is 2.38. The molecule has 17 heavy (non-hydrogen) atoms. The van der Waals surface area contributed by atoms with Gasteiger partial charge in [0.2, 0.25) is 5.91 Å². The molecule has 0 spiro atoms. The summed E-state index contributed by atoms with van der Waals surface area (Å²) in [7, 11) is 0. The zero-order chi connectivity index (χ0) is 12.7. The Labute approximate surface area is 102 Å². The van der Waals surface area contributed by atoms with Crippen LogP contribution >= 0.6 is 0 Å². The van der Waals surface area contributed by atoms with E-state index >= 15 is 0 Å². The minimum absolute atomic E-state index is 0.128. The highest BCUT2D eigenvalue weighted by atomic mass is 16.2. The summed E-state index contributed by atoms with van der Waals surface area (Å²) >= 11 is 0. The average molecular weight is 225 g/mol. The highest BCUT2D eigenvalue weighted by Crippen LogP contribution is 2.11. The van der Waals surface area contributed by atoms with E-state index in [4.69, 9.17) is 6.42 Å². The van der Waals surface area contributed by atoms with Crippen molar-refractivity contribution in [2.24, 2.45) is 0 Å². The number of terminal acetylenes is 1. The highest BCUT2D eigenvalue weighted by molar-refractivity contribution is 5.87. The Bertz CT molecular complexity index is 468. The summed E-state index contributed by atoms with van der Waals surface area (Å²) in [4.78, 5) is 13.2. The van der Waals surface area contributed by atoms with Gasteiger partial charge in [-0.15, -0.1) is 13.0 Å². The van der Waals surface area contributed by atoms with Gasteiger partial charge < -0.3 is 4.90 Å². The first-order chi connectivity index (χ1) is 8.22. The summed E-state index contributed by atoms with van der Waals surface area (Å²) in [6, 6.07) is 7.56. The zero-order valence-corrected chi connectivity index (χ0v) is 9.73. The standard InChI is InChI=1S/C15H15NO/c1-4-11-16(15(17)6-3)12-14-10-8-7-9-13(14)5-2/h2,4,6-10H,1,3,11-12H2. The number of benzene rings is 1. The first kappa shape index (κ1) is 12.8. The van der Waals surface area contributed by atoms with Gasteiger partial charge in [0.05, 0.1) is 0 Å². The van der Waals surface area contributed by atoms with Crippen molar-refractivity contribution in [1.82, 2.24) is 4.90 Å². The van der Waals surface area contributed by atoms with Crippen molar-refractivity contribution in [3.63, 3.8) is 0 Å². The van der Waals surface area contributed by atoms with Gasteiger partial charge in [-0.1, -0.05) is 36.8 Å². The maximum Gasteiger partial charge on any atom is 0.246 e. The number of amides is 1. The summed E-state index contributed by atoms with van der Waals surface area (Å²) in [5.74, 6) is 2.48. The predicted molar refractivity (Wildman–Crippen MR) is 70.2 cm³/mol. The second-order valence-electron chi connectivity index (χ2n) is 3.51. The molecular weight excluding hydrogens is 210 g/mol. The van der Waals surface area contributed by atoms with E-state index in [2.05, 4.69) is 19.1 Å². The lowest BCUT2D eigenvalue weighted by molar-refractivity contribution is -0.126. The molecule has 2 heteroatoms. The van der Waals surface area contributed by atoms with E-state index in [0.29, 0.717) is 13.1 Å². The van der Waals surface area contributed by atoms with Crippen LogP contribution in [0.15, 0.2) is 49.6 Å². The molecule has 0 unspecified atom stereocenters. The summed E-state index contributed by atoms with van der Waals surface area (Å²) in [6.45, 7) is 8.06. The van der Waals surface area contributed by atoms with Crippen molar-refractivity contribution in [2.75, 3.05) is 6.54 Å². The molecule has 0 N–H and O–H groups in total. The summed E-state index contributed by atoms with van der Waals surface area (Å²) in [6.07, 6.45) is 8.39. The van der Waals surface area contributed by atoms with Crippen LogP contribution < -0.4 is 0 Å². The fourth-order valence-corrected chi connectivity index (χ4v) is 1.52. The molecule has 2 nitrogen and oxygen atoms in total. The molecule has 0 aliphatic rings. The lowest BCUT2D eigenvalue weighted by atomic mass is 10.1. The topological polar surface area (TPSA) is 20.3 Å². The van der Waals surface area contributed by atoms with Crippen molar-refractivity contribution in [3.8, 4) is 12.3 Å². The molecule has 1 aromatic rings. The molecule has 1 aromatic carbocycles. The SMILES string of the molecule is C#Cc1ccccc1CN(CC=C)C(=O)C=C. The quantitative estimate of drug-likeness (QED) is 0.428. The van der Waals surface area contributed by atoms with Crippen LogP contribution in [0.3, 0.4) is 0 Å². The second kappa shape index (κ2) is 6.34. The number of hydrogen-bond donors (Lipinski definition) is 0. The molecule has 1 amide bonds. The van der Waals surface area contributed by atoms with Crippen LogP contribution in [0.5, 0.6) is 0 Å². The number of hydrogen-bond acceptors (Lipinski definition) is 1. The molecular formula is C15H15NO. The van der Waals surface area contributed by atoms with Gasteiger partial charge in [-0.25, -0.2) is 0 Å². The van der Waals surface area contributed by atoms with Gasteiger partial charge in [0.25, 0.3) is 0 Å². The summed E-state index contributed by atoms with van der Waals surface area (Å²) in [5, 5.41) is 0. The van der Waals surface area contributed by atoms with Crippen LogP contribution in [-0.2, 0) is 11.3 Å². The van der Waals surface area contributed by atoms with Gasteiger partial charge in [0, 0.05) is 18.7 Å². The minimum atomic E-state index is -0.128. The largest absolute Gasteiger partial charge is 0.331 e.